The molecule has 0 N–H and O–H groups in total. The van der Waals surface area contributed by atoms with Gasteiger partial charge in [-0.3, -0.25) is 4.98 Å². The summed E-state index contributed by atoms with van der Waals surface area (Å²) in [5.41, 5.74) is 2.64. The number of aromatic nitrogens is 1. The molecule has 0 amide bonds. The zero-order valence-electron chi connectivity index (χ0n) is 9.03. The van der Waals surface area contributed by atoms with Crippen molar-refractivity contribution in [2.45, 2.75) is 32.6 Å². The standard InChI is InChI=1S/C12H18N2/c1-10(2)11-7-12(9-13-8-11)14-5-3-4-6-14/h7-10H,3-6H2,1-2H3. The fourth-order valence-electron chi connectivity index (χ4n) is 1.91. The summed E-state index contributed by atoms with van der Waals surface area (Å²) in [5, 5.41) is 0. The summed E-state index contributed by atoms with van der Waals surface area (Å²) in [6.45, 7) is 6.82. The van der Waals surface area contributed by atoms with Crippen LogP contribution in [0.25, 0.3) is 0 Å². The summed E-state index contributed by atoms with van der Waals surface area (Å²) in [6.07, 6.45) is 6.61. The van der Waals surface area contributed by atoms with Crippen LogP contribution in [-0.4, -0.2) is 18.1 Å². The molecule has 0 atom stereocenters. The minimum absolute atomic E-state index is 0.574. The highest BCUT2D eigenvalue weighted by molar-refractivity contribution is 5.47. The van der Waals surface area contributed by atoms with Crippen LogP contribution in [0, 0.1) is 0 Å². The maximum absolute atomic E-state index is 4.31. The molecule has 2 heteroatoms. The molecule has 1 aliphatic rings. The number of anilines is 1. The minimum atomic E-state index is 0.574. The normalized spacial score (nSPS) is 16.6. The second kappa shape index (κ2) is 3.99. The van der Waals surface area contributed by atoms with Crippen molar-refractivity contribution < 1.29 is 0 Å². The van der Waals surface area contributed by atoms with Crippen LogP contribution in [-0.2, 0) is 0 Å². The van der Waals surface area contributed by atoms with Gasteiger partial charge in [0.2, 0.25) is 0 Å². The van der Waals surface area contributed by atoms with Crippen molar-refractivity contribution in [3.63, 3.8) is 0 Å². The molecule has 2 heterocycles. The lowest BCUT2D eigenvalue weighted by Gasteiger charge is -2.18. The van der Waals surface area contributed by atoms with Gasteiger partial charge in [-0.25, -0.2) is 0 Å². The Balaban J connectivity index is 2.21. The predicted molar refractivity (Wildman–Crippen MR) is 59.8 cm³/mol. The van der Waals surface area contributed by atoms with Crippen molar-refractivity contribution in [1.29, 1.82) is 0 Å². The van der Waals surface area contributed by atoms with Gasteiger partial charge < -0.3 is 4.90 Å². The highest BCUT2D eigenvalue weighted by atomic mass is 15.1. The first-order chi connectivity index (χ1) is 6.77. The lowest BCUT2D eigenvalue weighted by molar-refractivity contribution is 0.852. The van der Waals surface area contributed by atoms with E-state index in [0.29, 0.717) is 5.92 Å². The quantitative estimate of drug-likeness (QED) is 0.713. The second-order valence-electron chi connectivity index (χ2n) is 4.33. The number of nitrogens with zero attached hydrogens (tertiary/aromatic N) is 2. The van der Waals surface area contributed by atoms with Crippen molar-refractivity contribution in [2.24, 2.45) is 0 Å². The van der Waals surface area contributed by atoms with E-state index in [9.17, 15) is 0 Å². The second-order valence-corrected chi connectivity index (χ2v) is 4.33. The Morgan fingerprint density at radius 3 is 2.57 bits per heavy atom. The fraction of sp³-hybridized carbons (Fsp3) is 0.583. The van der Waals surface area contributed by atoms with Gasteiger partial charge in [-0.05, 0) is 30.4 Å². The molecule has 0 aromatic carbocycles. The van der Waals surface area contributed by atoms with Gasteiger partial charge in [0.1, 0.15) is 0 Å². The highest BCUT2D eigenvalue weighted by Crippen LogP contribution is 2.23. The summed E-state index contributed by atoms with van der Waals surface area (Å²) in [6, 6.07) is 2.28. The Morgan fingerprint density at radius 2 is 1.93 bits per heavy atom. The molecule has 1 aliphatic heterocycles. The molecular formula is C12H18N2. The van der Waals surface area contributed by atoms with E-state index in [-0.39, 0.29) is 0 Å². The monoisotopic (exact) mass is 190 g/mol. The van der Waals surface area contributed by atoms with Crippen molar-refractivity contribution >= 4 is 5.69 Å². The van der Waals surface area contributed by atoms with Gasteiger partial charge in [-0.1, -0.05) is 13.8 Å². The average molecular weight is 190 g/mol. The topological polar surface area (TPSA) is 16.1 Å². The van der Waals surface area contributed by atoms with Crippen LogP contribution in [0.3, 0.4) is 0 Å². The molecule has 76 valence electrons. The molecule has 1 fully saturated rings. The number of pyridine rings is 1. The van der Waals surface area contributed by atoms with Crippen LogP contribution in [0.2, 0.25) is 0 Å². The molecule has 0 radical (unpaired) electrons. The van der Waals surface area contributed by atoms with Crippen LogP contribution >= 0.6 is 0 Å². The maximum atomic E-state index is 4.31. The first-order valence-corrected chi connectivity index (χ1v) is 5.47. The van der Waals surface area contributed by atoms with Gasteiger partial charge in [0.25, 0.3) is 0 Å². The van der Waals surface area contributed by atoms with Crippen molar-refractivity contribution in [2.75, 3.05) is 18.0 Å². The first kappa shape index (κ1) is 9.50. The van der Waals surface area contributed by atoms with Gasteiger partial charge in [0, 0.05) is 19.3 Å². The van der Waals surface area contributed by atoms with E-state index in [0.717, 1.165) is 0 Å². The summed E-state index contributed by atoms with van der Waals surface area (Å²) >= 11 is 0. The zero-order valence-corrected chi connectivity index (χ0v) is 9.03. The van der Waals surface area contributed by atoms with E-state index in [2.05, 4.69) is 29.8 Å². The highest BCUT2D eigenvalue weighted by Gasteiger charge is 2.13. The van der Waals surface area contributed by atoms with Crippen LogP contribution in [0.1, 0.15) is 38.2 Å². The SMILES string of the molecule is CC(C)c1cncc(N2CCCC2)c1. The molecule has 1 aromatic heterocycles. The van der Waals surface area contributed by atoms with Gasteiger partial charge >= 0.3 is 0 Å². The molecular weight excluding hydrogens is 172 g/mol. The van der Waals surface area contributed by atoms with E-state index >= 15 is 0 Å². The fourth-order valence-corrected chi connectivity index (χ4v) is 1.91. The Kier molecular flexibility index (Phi) is 2.71. The molecule has 0 aliphatic carbocycles. The van der Waals surface area contributed by atoms with E-state index in [1.807, 2.05) is 12.4 Å². The molecule has 2 rings (SSSR count). The van der Waals surface area contributed by atoms with Crippen LogP contribution in [0.4, 0.5) is 5.69 Å². The largest absolute Gasteiger partial charge is 0.370 e. The van der Waals surface area contributed by atoms with Crippen molar-refractivity contribution in [1.82, 2.24) is 4.98 Å². The van der Waals surface area contributed by atoms with E-state index in [1.165, 1.54) is 37.2 Å². The molecule has 1 aromatic rings. The minimum Gasteiger partial charge on any atom is -0.370 e. The molecule has 0 saturated carbocycles. The van der Waals surface area contributed by atoms with Crippen LogP contribution in [0.15, 0.2) is 18.5 Å². The third-order valence-electron chi connectivity index (χ3n) is 2.88. The number of hydrogen-bond acceptors (Lipinski definition) is 2. The molecule has 14 heavy (non-hydrogen) atoms. The Hall–Kier alpha value is -1.05. The Bertz CT molecular complexity index is 301. The van der Waals surface area contributed by atoms with E-state index in [4.69, 9.17) is 0 Å². The maximum Gasteiger partial charge on any atom is 0.0555 e. The average Bonchev–Trinajstić information content (AvgIpc) is 2.71. The lowest BCUT2D eigenvalue weighted by Crippen LogP contribution is -2.17. The van der Waals surface area contributed by atoms with Gasteiger partial charge in [0.05, 0.1) is 11.9 Å². The summed E-state index contributed by atoms with van der Waals surface area (Å²) in [5.74, 6) is 0.574. The molecule has 0 unspecified atom stereocenters. The smallest absolute Gasteiger partial charge is 0.0555 e. The third-order valence-corrected chi connectivity index (χ3v) is 2.88. The Labute approximate surface area is 86.0 Å². The van der Waals surface area contributed by atoms with Gasteiger partial charge in [-0.2, -0.15) is 0 Å². The third kappa shape index (κ3) is 1.89. The van der Waals surface area contributed by atoms with Gasteiger partial charge in [0.15, 0.2) is 0 Å². The zero-order chi connectivity index (χ0) is 9.97. The van der Waals surface area contributed by atoms with Gasteiger partial charge in [-0.15, -0.1) is 0 Å². The van der Waals surface area contributed by atoms with Crippen LogP contribution in [0.5, 0.6) is 0 Å². The summed E-state index contributed by atoms with van der Waals surface area (Å²) < 4.78 is 0. The van der Waals surface area contributed by atoms with Crippen LogP contribution < -0.4 is 4.90 Å². The summed E-state index contributed by atoms with van der Waals surface area (Å²) in [4.78, 5) is 6.74. The predicted octanol–water partition coefficient (Wildman–Crippen LogP) is 2.81. The van der Waals surface area contributed by atoms with Crippen molar-refractivity contribution in [3.05, 3.63) is 24.0 Å². The molecule has 0 spiro atoms. The van der Waals surface area contributed by atoms with E-state index < -0.39 is 0 Å². The van der Waals surface area contributed by atoms with E-state index in [1.54, 1.807) is 0 Å². The number of hydrogen-bond donors (Lipinski definition) is 0. The molecule has 0 bridgehead atoms. The lowest BCUT2D eigenvalue weighted by atomic mass is 10.1. The Morgan fingerprint density at radius 1 is 1.21 bits per heavy atom. The summed E-state index contributed by atoms with van der Waals surface area (Å²) in [7, 11) is 0. The van der Waals surface area contributed by atoms with Crippen molar-refractivity contribution in [3.8, 4) is 0 Å². The molecule has 2 nitrogen and oxygen atoms in total. The number of rotatable bonds is 2. The molecule has 1 saturated heterocycles. The first-order valence-electron chi connectivity index (χ1n) is 5.47.